The van der Waals surface area contributed by atoms with Gasteiger partial charge in [0.1, 0.15) is 5.75 Å². The van der Waals surface area contributed by atoms with Gasteiger partial charge in [-0.1, -0.05) is 140 Å². The van der Waals surface area contributed by atoms with E-state index in [9.17, 15) is 0 Å². The summed E-state index contributed by atoms with van der Waals surface area (Å²) in [4.78, 5) is 0. The minimum absolute atomic E-state index is 0.205. The maximum Gasteiger partial charge on any atom is 0.707 e. The Morgan fingerprint density at radius 1 is 0.476 bits per heavy atom. The van der Waals surface area contributed by atoms with Crippen LogP contribution in [0.1, 0.15) is 16.7 Å². The van der Waals surface area contributed by atoms with Crippen molar-refractivity contribution >= 4 is 48.9 Å². The fourth-order valence-electron chi connectivity index (χ4n) is 5.58. The summed E-state index contributed by atoms with van der Waals surface area (Å²) in [6, 6.07) is 54.0. The van der Waals surface area contributed by atoms with Crippen LogP contribution >= 0.6 is 9.24 Å². The van der Waals surface area contributed by atoms with Gasteiger partial charge in [0.05, 0.1) is 5.16 Å². The molecule has 0 aliphatic heterocycles. The highest BCUT2D eigenvalue weighted by atomic mass is 31.0. The minimum atomic E-state index is -1.83. The molecule has 7 aromatic carbocycles. The highest BCUT2D eigenvalue weighted by Crippen LogP contribution is 2.44. The third-order valence-corrected chi connectivity index (χ3v) is 8.61. The van der Waals surface area contributed by atoms with Crippen molar-refractivity contribution in [3.05, 3.63) is 174 Å². The molecule has 1 atom stereocenters. The van der Waals surface area contributed by atoms with E-state index < -0.39 is 7.32 Å². The molecule has 204 valence electrons. The lowest BCUT2D eigenvalue weighted by Crippen LogP contribution is -2.21. The normalized spacial score (nSPS) is 11.2. The van der Waals surface area contributed by atoms with Crippen LogP contribution in [0.25, 0.3) is 32.3 Å². The predicted octanol–water partition coefficient (Wildman–Crippen LogP) is 8.35. The van der Waals surface area contributed by atoms with Gasteiger partial charge in [-0.2, -0.15) is 0 Å². The average molecular weight is 564 g/mol. The Kier molecular flexibility index (Phi) is 8.03. The molecule has 0 aromatic heterocycles. The molecule has 0 spiro atoms. The summed E-state index contributed by atoms with van der Waals surface area (Å²) in [5.74, 6) is 0.466. The summed E-state index contributed by atoms with van der Waals surface area (Å²) < 4.78 is 5.16. The summed E-state index contributed by atoms with van der Waals surface area (Å²) in [5, 5.41) is 24.4. The third kappa shape index (κ3) is 5.53. The summed E-state index contributed by atoms with van der Waals surface area (Å²) >= 11 is 0. The number of hydrogen-bond donors (Lipinski definition) is 2. The summed E-state index contributed by atoms with van der Waals surface area (Å²) in [7, 11) is 1.23. The molecule has 42 heavy (non-hydrogen) atoms. The highest BCUT2D eigenvalue weighted by Gasteiger charge is 2.30. The Morgan fingerprint density at radius 3 is 1.45 bits per heavy atom. The summed E-state index contributed by atoms with van der Waals surface area (Å²) in [6.07, 6.45) is 0. The number of hydrogen-bond acceptors (Lipinski definition) is 3. The van der Waals surface area contributed by atoms with Gasteiger partial charge in [-0.15, -0.1) is 9.24 Å². The topological polar surface area (TPSA) is 49.7 Å². The molecule has 5 heteroatoms. The zero-order valence-corrected chi connectivity index (χ0v) is 24.1. The highest BCUT2D eigenvalue weighted by molar-refractivity contribution is 7.19. The maximum absolute atomic E-state index is 9.14. The average Bonchev–Trinajstić information content (AvgIpc) is 3.04. The molecule has 0 aliphatic carbocycles. The van der Waals surface area contributed by atoms with Gasteiger partial charge in [0.2, 0.25) is 0 Å². The molecule has 0 aliphatic rings. The first-order valence-corrected chi connectivity index (χ1v) is 14.4. The molecule has 0 heterocycles. The van der Waals surface area contributed by atoms with Crippen LogP contribution < -0.4 is 4.65 Å². The largest absolute Gasteiger partial charge is 0.707 e. The monoisotopic (exact) mass is 564 g/mol. The predicted molar refractivity (Wildman–Crippen MR) is 179 cm³/mol. The summed E-state index contributed by atoms with van der Waals surface area (Å²) in [6.45, 7) is 0. The first kappa shape index (κ1) is 27.7. The second kappa shape index (κ2) is 12.2. The van der Waals surface area contributed by atoms with Crippen molar-refractivity contribution in [2.24, 2.45) is 0 Å². The first-order valence-electron chi connectivity index (χ1n) is 13.9. The van der Waals surface area contributed by atoms with E-state index in [2.05, 4.69) is 131 Å². The molecule has 0 radical (unpaired) electrons. The summed E-state index contributed by atoms with van der Waals surface area (Å²) in [5.41, 5.74) is 3.84. The molecular formula is C37H30BO3P. The third-order valence-electron chi connectivity index (χ3n) is 7.61. The fraction of sp³-hybridized carbons (Fsp3) is 0.0270. The van der Waals surface area contributed by atoms with E-state index >= 15 is 0 Å². The van der Waals surface area contributed by atoms with Crippen molar-refractivity contribution < 1.29 is 14.7 Å². The molecule has 2 N–H and O–H groups in total. The van der Waals surface area contributed by atoms with Crippen LogP contribution in [0.15, 0.2) is 158 Å². The van der Waals surface area contributed by atoms with Gasteiger partial charge in [0, 0.05) is 5.39 Å². The molecule has 1 unspecified atom stereocenters. The molecule has 0 bridgehead atoms. The smallest absolute Gasteiger partial charge is 0.511 e. The second-order valence-corrected chi connectivity index (χ2v) is 11.1. The van der Waals surface area contributed by atoms with Gasteiger partial charge >= 0.3 is 7.32 Å². The quantitative estimate of drug-likeness (QED) is 0.0727. The van der Waals surface area contributed by atoms with Crippen LogP contribution in [0.4, 0.5) is 0 Å². The zero-order valence-electron chi connectivity index (χ0n) is 23.0. The van der Waals surface area contributed by atoms with Gasteiger partial charge in [-0.3, -0.25) is 0 Å². The van der Waals surface area contributed by atoms with Crippen LogP contribution in [0.3, 0.4) is 0 Å². The van der Waals surface area contributed by atoms with Crippen molar-refractivity contribution in [3.8, 4) is 5.75 Å². The Morgan fingerprint density at radius 2 is 0.929 bits per heavy atom. The van der Waals surface area contributed by atoms with E-state index in [1.807, 2.05) is 30.3 Å². The van der Waals surface area contributed by atoms with E-state index in [0.717, 1.165) is 26.9 Å². The van der Waals surface area contributed by atoms with Crippen molar-refractivity contribution in [2.75, 3.05) is 0 Å². The molecule has 7 aromatic rings. The molecule has 0 fully saturated rings. The van der Waals surface area contributed by atoms with Gasteiger partial charge in [0.15, 0.2) is 0 Å². The van der Waals surface area contributed by atoms with Crippen LogP contribution in [0.5, 0.6) is 5.75 Å². The van der Waals surface area contributed by atoms with E-state index in [4.69, 9.17) is 14.7 Å². The van der Waals surface area contributed by atoms with Crippen LogP contribution in [0, 0.1) is 0 Å². The van der Waals surface area contributed by atoms with E-state index in [1.165, 1.54) is 22.1 Å². The molecule has 0 amide bonds. The van der Waals surface area contributed by atoms with Gasteiger partial charge in [-0.25, -0.2) is 0 Å². The van der Waals surface area contributed by atoms with Gasteiger partial charge in [0.25, 0.3) is 0 Å². The van der Waals surface area contributed by atoms with Gasteiger partial charge in [-0.05, 0) is 61.8 Å². The molecule has 7 rings (SSSR count). The van der Waals surface area contributed by atoms with Crippen molar-refractivity contribution in [3.63, 3.8) is 0 Å². The zero-order chi connectivity index (χ0) is 28.9. The second-order valence-electron chi connectivity index (χ2n) is 10.2. The first-order chi connectivity index (χ1) is 20.5. The minimum Gasteiger partial charge on any atom is -0.511 e. The van der Waals surface area contributed by atoms with Crippen LogP contribution in [0.2, 0.25) is 0 Å². The van der Waals surface area contributed by atoms with E-state index in [-0.39, 0.29) is 5.16 Å². The Hall–Kier alpha value is -4.47. The van der Waals surface area contributed by atoms with Crippen LogP contribution in [-0.4, -0.2) is 17.4 Å². The Labute approximate surface area is 248 Å². The number of benzene rings is 7. The maximum atomic E-state index is 9.14. The number of fused-ring (bicyclic) bond motifs is 4. The van der Waals surface area contributed by atoms with E-state index in [1.54, 1.807) is 6.07 Å². The molecule has 3 nitrogen and oxygen atoms in total. The molecule has 0 saturated heterocycles. The van der Waals surface area contributed by atoms with Crippen molar-refractivity contribution in [1.82, 2.24) is 0 Å². The lowest BCUT2D eigenvalue weighted by molar-refractivity contribution is 0.289. The lowest BCUT2D eigenvalue weighted by atomic mass is 9.84. The lowest BCUT2D eigenvalue weighted by Gasteiger charge is -2.31. The number of rotatable bonds is 5. The SMILES string of the molecule is OB(O)Oc1cccc2ccc3cc4ccccc4cc3c12.PC(c1ccccc1)(c1ccccc1)c1ccccc1. The van der Waals surface area contributed by atoms with Crippen molar-refractivity contribution in [2.45, 2.75) is 5.16 Å². The van der Waals surface area contributed by atoms with E-state index in [0.29, 0.717) is 5.75 Å². The van der Waals surface area contributed by atoms with Crippen molar-refractivity contribution in [1.29, 1.82) is 0 Å². The Balaban J connectivity index is 0.000000151. The standard InChI is InChI=1S/C19H17P.C18H13BO3/c20-19(16-10-4-1-5-11-16,17-12-6-2-7-13-17)18-14-8-3-9-15-18;20-19(21)22-17-7-3-6-12-8-9-15-10-13-4-1-2-5-14(13)11-16(15)18(12)17/h1-15H,20H2;1-11,20-21H. The molecular weight excluding hydrogens is 534 g/mol. The van der Waals surface area contributed by atoms with Crippen LogP contribution in [-0.2, 0) is 5.16 Å². The molecule has 0 saturated carbocycles. The van der Waals surface area contributed by atoms with Gasteiger partial charge < -0.3 is 14.7 Å². The Bertz CT molecular complexity index is 1850. The fourth-order valence-corrected chi connectivity index (χ4v) is 6.16.